The predicted octanol–water partition coefficient (Wildman–Crippen LogP) is 6.14. The molecule has 0 bridgehead atoms. The van der Waals surface area contributed by atoms with Crippen LogP contribution in [0.5, 0.6) is 5.75 Å². The zero-order valence-electron chi connectivity index (χ0n) is 17.9. The van der Waals surface area contributed by atoms with Crippen LogP contribution in [0.4, 0.5) is 0 Å². The number of halogens is 1. The zero-order valence-corrected chi connectivity index (χ0v) is 20.3. The molecule has 4 nitrogen and oxygen atoms in total. The molecule has 1 aliphatic heterocycles. The van der Waals surface area contributed by atoms with Crippen molar-refractivity contribution in [3.05, 3.63) is 94.0 Å². The third-order valence-electron chi connectivity index (χ3n) is 5.45. The van der Waals surface area contributed by atoms with Crippen LogP contribution in [-0.4, -0.2) is 37.2 Å². The fraction of sp³-hybridized carbons (Fsp3) is 0.231. The third-order valence-corrected chi connectivity index (χ3v) is 7.07. The summed E-state index contributed by atoms with van der Waals surface area (Å²) in [5.41, 5.74) is 3.18. The molecule has 0 aromatic heterocycles. The fourth-order valence-electron chi connectivity index (χ4n) is 3.91. The molecular weight excluding hydrogens is 484 g/mol. The predicted molar refractivity (Wildman–Crippen MR) is 135 cm³/mol. The minimum atomic E-state index is -0.349. The summed E-state index contributed by atoms with van der Waals surface area (Å²) >= 11 is 5.31. The normalized spacial score (nSPS) is 14.6. The molecule has 0 radical (unpaired) electrons. The first kappa shape index (κ1) is 22.6. The highest BCUT2D eigenvalue weighted by atomic mass is 79.9. The molecule has 1 atom stereocenters. The Morgan fingerprint density at radius 1 is 1.12 bits per heavy atom. The minimum absolute atomic E-state index is 0.349. The van der Waals surface area contributed by atoms with Crippen molar-refractivity contribution in [2.45, 2.75) is 23.1 Å². The van der Waals surface area contributed by atoms with E-state index in [0.717, 1.165) is 69.2 Å². The highest BCUT2D eigenvalue weighted by Crippen LogP contribution is 2.34. The molecule has 164 valence electrons. The largest absolute Gasteiger partial charge is 0.496 e. The van der Waals surface area contributed by atoms with E-state index in [4.69, 9.17) is 9.73 Å². The number of nitrogens with zero attached hydrogens (tertiary/aromatic N) is 2. The topological polar surface area (TPSA) is 41.9 Å². The van der Waals surface area contributed by atoms with Gasteiger partial charge in [-0.2, -0.15) is 0 Å². The van der Waals surface area contributed by atoms with Gasteiger partial charge < -0.3 is 14.4 Å². The first-order valence-corrected chi connectivity index (χ1v) is 12.3. The van der Waals surface area contributed by atoms with E-state index in [1.54, 1.807) is 18.9 Å². The Balaban J connectivity index is 1.64. The lowest BCUT2D eigenvalue weighted by Crippen LogP contribution is -2.40. The van der Waals surface area contributed by atoms with Crippen molar-refractivity contribution >= 4 is 39.8 Å². The van der Waals surface area contributed by atoms with E-state index in [1.165, 1.54) is 0 Å². The Hall–Kier alpha value is -2.57. The number of rotatable bonds is 8. The van der Waals surface area contributed by atoms with Crippen LogP contribution in [0.3, 0.4) is 0 Å². The highest BCUT2D eigenvalue weighted by Gasteiger charge is 2.27. The maximum Gasteiger partial charge on any atom is 0.147 e. The lowest BCUT2D eigenvalue weighted by atomic mass is 10.0. The molecule has 1 unspecified atom stereocenters. The number of thioether (sulfide) groups is 1. The molecule has 1 heterocycles. The Bertz CT molecular complexity index is 1100. The Labute approximate surface area is 201 Å². The molecule has 3 aromatic rings. The Morgan fingerprint density at radius 3 is 2.69 bits per heavy atom. The molecule has 0 N–H and O–H groups in total. The van der Waals surface area contributed by atoms with Crippen LogP contribution in [0.15, 0.2) is 87.2 Å². The number of carbonyl (C=O) groups is 1. The van der Waals surface area contributed by atoms with Gasteiger partial charge in [0.05, 0.1) is 7.11 Å². The minimum Gasteiger partial charge on any atom is -0.496 e. The van der Waals surface area contributed by atoms with Crippen molar-refractivity contribution in [1.82, 2.24) is 4.90 Å². The number of aldehydes is 1. The van der Waals surface area contributed by atoms with Crippen molar-refractivity contribution in [2.75, 3.05) is 20.2 Å². The third kappa shape index (κ3) is 5.08. The first-order valence-electron chi connectivity index (χ1n) is 10.6. The molecule has 0 saturated carbocycles. The van der Waals surface area contributed by atoms with Gasteiger partial charge in [-0.15, -0.1) is 11.8 Å². The van der Waals surface area contributed by atoms with Crippen LogP contribution < -0.4 is 4.74 Å². The number of aliphatic imine (C=N–C) groups is 1. The molecular formula is C26H25BrN2O2S. The average molecular weight is 509 g/mol. The molecule has 0 amide bonds. The molecule has 1 aliphatic rings. The SMILES string of the molecule is COc1ccc(Br)cc1CSc1ccccc1C1=NCCCN1C(C=O)c1ccccc1. The summed E-state index contributed by atoms with van der Waals surface area (Å²) in [6.45, 7) is 1.57. The van der Waals surface area contributed by atoms with E-state index in [-0.39, 0.29) is 6.04 Å². The average Bonchev–Trinajstić information content (AvgIpc) is 2.84. The number of carbonyl (C=O) groups excluding carboxylic acids is 1. The van der Waals surface area contributed by atoms with Crippen LogP contribution in [0.2, 0.25) is 0 Å². The zero-order chi connectivity index (χ0) is 22.3. The molecule has 3 aromatic carbocycles. The van der Waals surface area contributed by atoms with Crippen molar-refractivity contribution in [3.63, 3.8) is 0 Å². The first-order chi connectivity index (χ1) is 15.7. The maximum atomic E-state index is 12.2. The van der Waals surface area contributed by atoms with Gasteiger partial charge in [0.1, 0.15) is 23.9 Å². The summed E-state index contributed by atoms with van der Waals surface area (Å²) in [6, 6.07) is 23.9. The second kappa shape index (κ2) is 10.8. The molecule has 0 spiro atoms. The van der Waals surface area contributed by atoms with E-state index in [9.17, 15) is 4.79 Å². The van der Waals surface area contributed by atoms with E-state index >= 15 is 0 Å². The Kier molecular flexibility index (Phi) is 7.66. The lowest BCUT2D eigenvalue weighted by Gasteiger charge is -2.35. The van der Waals surface area contributed by atoms with Gasteiger partial charge in [-0.3, -0.25) is 4.99 Å². The summed E-state index contributed by atoms with van der Waals surface area (Å²) < 4.78 is 6.57. The van der Waals surface area contributed by atoms with Crippen LogP contribution >= 0.6 is 27.7 Å². The summed E-state index contributed by atoms with van der Waals surface area (Å²) in [4.78, 5) is 20.3. The number of ether oxygens (including phenoxy) is 1. The van der Waals surface area contributed by atoms with Crippen molar-refractivity contribution in [1.29, 1.82) is 0 Å². The van der Waals surface area contributed by atoms with Gasteiger partial charge in [0, 0.05) is 39.3 Å². The van der Waals surface area contributed by atoms with Crippen LogP contribution in [-0.2, 0) is 10.5 Å². The highest BCUT2D eigenvalue weighted by molar-refractivity contribution is 9.10. The summed E-state index contributed by atoms with van der Waals surface area (Å²) in [6.07, 6.45) is 1.96. The standard InChI is InChI=1S/C26H25BrN2O2S/c1-31-24-13-12-21(27)16-20(24)18-32-25-11-6-5-10-22(25)26-28-14-7-15-29(26)23(17-30)19-8-3-2-4-9-19/h2-6,8-13,16-17,23H,7,14-15,18H2,1H3. The van der Waals surface area contributed by atoms with Gasteiger partial charge in [-0.05, 0) is 36.2 Å². The van der Waals surface area contributed by atoms with Crippen molar-refractivity contribution in [2.24, 2.45) is 4.99 Å². The van der Waals surface area contributed by atoms with Crippen LogP contribution in [0.25, 0.3) is 0 Å². The van der Waals surface area contributed by atoms with Crippen LogP contribution in [0.1, 0.15) is 29.2 Å². The van der Waals surface area contributed by atoms with E-state index < -0.39 is 0 Å². The number of hydrogen-bond acceptors (Lipinski definition) is 5. The smallest absolute Gasteiger partial charge is 0.147 e. The molecule has 0 saturated heterocycles. The van der Waals surface area contributed by atoms with Gasteiger partial charge in [-0.25, -0.2) is 0 Å². The second-order valence-corrected chi connectivity index (χ2v) is 9.42. The monoisotopic (exact) mass is 508 g/mol. The molecule has 4 rings (SSSR count). The second-order valence-electron chi connectivity index (χ2n) is 7.48. The molecule has 6 heteroatoms. The molecule has 0 aliphatic carbocycles. The number of hydrogen-bond donors (Lipinski definition) is 0. The van der Waals surface area contributed by atoms with E-state index in [2.05, 4.69) is 39.0 Å². The number of methoxy groups -OCH3 is 1. The van der Waals surface area contributed by atoms with Gasteiger partial charge in [0.2, 0.25) is 0 Å². The van der Waals surface area contributed by atoms with Crippen molar-refractivity contribution < 1.29 is 9.53 Å². The molecule has 32 heavy (non-hydrogen) atoms. The van der Waals surface area contributed by atoms with E-state index in [0.29, 0.717) is 0 Å². The lowest BCUT2D eigenvalue weighted by molar-refractivity contribution is -0.111. The quantitative estimate of drug-likeness (QED) is 0.270. The Morgan fingerprint density at radius 2 is 1.91 bits per heavy atom. The number of benzene rings is 3. The summed E-state index contributed by atoms with van der Waals surface area (Å²) in [5.74, 6) is 2.53. The fourth-order valence-corrected chi connectivity index (χ4v) is 5.34. The van der Waals surface area contributed by atoms with Crippen LogP contribution in [0, 0.1) is 0 Å². The number of amidine groups is 1. The van der Waals surface area contributed by atoms with Gasteiger partial charge in [-0.1, -0.05) is 64.5 Å². The van der Waals surface area contributed by atoms with Gasteiger partial charge in [0.25, 0.3) is 0 Å². The van der Waals surface area contributed by atoms with E-state index in [1.807, 2.05) is 54.6 Å². The maximum absolute atomic E-state index is 12.2. The molecule has 0 fully saturated rings. The summed E-state index contributed by atoms with van der Waals surface area (Å²) in [7, 11) is 1.70. The summed E-state index contributed by atoms with van der Waals surface area (Å²) in [5, 5.41) is 0. The van der Waals surface area contributed by atoms with Gasteiger partial charge >= 0.3 is 0 Å². The van der Waals surface area contributed by atoms with Gasteiger partial charge in [0.15, 0.2) is 0 Å². The van der Waals surface area contributed by atoms with Crippen molar-refractivity contribution in [3.8, 4) is 5.75 Å².